The smallest absolute Gasteiger partial charge is 0.134 e. The minimum absolute atomic E-state index is 0.0332. The molecule has 1 unspecified atom stereocenters. The molecule has 0 spiro atoms. The van der Waals surface area contributed by atoms with E-state index < -0.39 is 11.6 Å². The Bertz CT molecular complexity index is 1120. The Hall–Kier alpha value is -3.15. The van der Waals surface area contributed by atoms with Crippen molar-refractivity contribution >= 4 is 5.57 Å². The average molecular weight is 362 g/mol. The van der Waals surface area contributed by atoms with E-state index >= 15 is 0 Å². The van der Waals surface area contributed by atoms with Gasteiger partial charge in [-0.15, -0.1) is 5.10 Å². The Kier molecular flexibility index (Phi) is 3.37. The topological polar surface area (TPSA) is 54.5 Å². The van der Waals surface area contributed by atoms with Gasteiger partial charge in [-0.25, -0.2) is 8.78 Å². The van der Waals surface area contributed by atoms with Crippen LogP contribution in [0, 0.1) is 17.6 Å². The average Bonchev–Trinajstić information content (AvgIpc) is 3.23. The maximum atomic E-state index is 14.6. The molecule has 0 fully saturated rings. The second kappa shape index (κ2) is 5.67. The van der Waals surface area contributed by atoms with E-state index in [4.69, 9.17) is 0 Å². The number of fused-ring (bicyclic) bond motifs is 2. The number of hydrogen-bond donors (Lipinski definition) is 1. The van der Waals surface area contributed by atoms with Crippen molar-refractivity contribution in [3.8, 4) is 22.5 Å². The first kappa shape index (κ1) is 16.1. The van der Waals surface area contributed by atoms with Crippen LogP contribution in [0.4, 0.5) is 8.78 Å². The van der Waals surface area contributed by atoms with Crippen molar-refractivity contribution in [1.82, 2.24) is 20.2 Å². The van der Waals surface area contributed by atoms with Gasteiger partial charge in [0.2, 0.25) is 0 Å². The largest absolute Gasteiger partial charge is 0.358 e. The molecule has 6 heteroatoms. The van der Waals surface area contributed by atoms with Gasteiger partial charge < -0.3 is 4.98 Å². The van der Waals surface area contributed by atoms with Gasteiger partial charge >= 0.3 is 0 Å². The second-order valence-corrected chi connectivity index (χ2v) is 7.19. The molecule has 0 amide bonds. The highest BCUT2D eigenvalue weighted by Crippen LogP contribution is 2.49. The van der Waals surface area contributed by atoms with Gasteiger partial charge in [-0.2, -0.15) is 5.10 Å². The van der Waals surface area contributed by atoms with Crippen LogP contribution in [-0.2, 0) is 0 Å². The van der Waals surface area contributed by atoms with Gasteiger partial charge in [-0.3, -0.25) is 4.98 Å². The number of aromatic amines is 1. The maximum absolute atomic E-state index is 14.6. The molecule has 1 aromatic carbocycles. The van der Waals surface area contributed by atoms with Crippen molar-refractivity contribution < 1.29 is 8.78 Å². The number of nitrogens with zero attached hydrogens (tertiary/aromatic N) is 3. The highest BCUT2D eigenvalue weighted by molar-refractivity contribution is 5.94. The monoisotopic (exact) mass is 362 g/mol. The van der Waals surface area contributed by atoms with E-state index in [1.807, 2.05) is 12.3 Å². The zero-order valence-corrected chi connectivity index (χ0v) is 14.8. The van der Waals surface area contributed by atoms with Gasteiger partial charge in [-0.1, -0.05) is 26.0 Å². The fourth-order valence-electron chi connectivity index (χ4n) is 3.98. The summed E-state index contributed by atoms with van der Waals surface area (Å²) in [5, 5.41) is 8.35. The first-order valence-electron chi connectivity index (χ1n) is 8.84. The lowest BCUT2D eigenvalue weighted by Gasteiger charge is -2.27. The lowest BCUT2D eigenvalue weighted by molar-refractivity contribution is 0.568. The predicted octanol–water partition coefficient (Wildman–Crippen LogP) is 4.87. The van der Waals surface area contributed by atoms with Gasteiger partial charge in [0.25, 0.3) is 0 Å². The van der Waals surface area contributed by atoms with Crippen molar-refractivity contribution in [2.45, 2.75) is 19.8 Å². The standard InChI is InChI=1S/C21H16F2N4/c1-10(2)12-6-13(18-14(22)4-3-5-15(18)23)20-17-11(8-25-20)7-24-16-9-26-27-21(16)19(12)17/h3-10,12,24H,1-2H3. The minimum atomic E-state index is -0.589. The second-order valence-electron chi connectivity index (χ2n) is 7.19. The summed E-state index contributed by atoms with van der Waals surface area (Å²) >= 11 is 0. The molecular formula is C21H16F2N4. The molecule has 3 heterocycles. The predicted molar refractivity (Wildman–Crippen MR) is 98.4 cm³/mol. The van der Waals surface area contributed by atoms with Crippen LogP contribution in [0.25, 0.3) is 28.1 Å². The molecule has 0 saturated carbocycles. The molecule has 0 bridgehead atoms. The molecule has 1 aliphatic carbocycles. The number of hydrogen-bond acceptors (Lipinski definition) is 3. The third-order valence-corrected chi connectivity index (χ3v) is 5.25. The summed E-state index contributed by atoms with van der Waals surface area (Å²) in [6.45, 7) is 4.17. The van der Waals surface area contributed by atoms with E-state index in [1.54, 1.807) is 12.4 Å². The highest BCUT2D eigenvalue weighted by Gasteiger charge is 2.34. The van der Waals surface area contributed by atoms with E-state index in [0.717, 1.165) is 28.1 Å². The summed E-state index contributed by atoms with van der Waals surface area (Å²) in [5.74, 6) is -1.05. The number of benzene rings is 1. The fourth-order valence-corrected chi connectivity index (χ4v) is 3.98. The van der Waals surface area contributed by atoms with Gasteiger partial charge in [0.15, 0.2) is 0 Å². The van der Waals surface area contributed by atoms with Crippen LogP contribution in [0.3, 0.4) is 0 Å². The van der Waals surface area contributed by atoms with Crippen LogP contribution in [0.5, 0.6) is 0 Å². The van der Waals surface area contributed by atoms with Crippen LogP contribution in [0.1, 0.15) is 36.6 Å². The first-order valence-corrected chi connectivity index (χ1v) is 8.84. The van der Waals surface area contributed by atoms with E-state index in [0.29, 0.717) is 11.3 Å². The molecule has 0 aromatic heterocycles. The van der Waals surface area contributed by atoms with E-state index in [1.165, 1.54) is 18.2 Å². The molecule has 4 aliphatic rings. The van der Waals surface area contributed by atoms with Crippen molar-refractivity contribution in [3.63, 3.8) is 0 Å². The molecule has 134 valence electrons. The molecule has 1 aromatic rings. The van der Waals surface area contributed by atoms with Crippen molar-refractivity contribution in [2.75, 3.05) is 0 Å². The Morgan fingerprint density at radius 3 is 2.56 bits per heavy atom. The van der Waals surface area contributed by atoms with Gasteiger partial charge in [0.1, 0.15) is 17.3 Å². The molecule has 1 N–H and O–H groups in total. The number of rotatable bonds is 2. The van der Waals surface area contributed by atoms with E-state index in [-0.39, 0.29) is 17.4 Å². The highest BCUT2D eigenvalue weighted by atomic mass is 19.1. The molecule has 1 atom stereocenters. The zero-order valence-electron chi connectivity index (χ0n) is 14.8. The minimum Gasteiger partial charge on any atom is -0.358 e. The van der Waals surface area contributed by atoms with Crippen LogP contribution >= 0.6 is 0 Å². The lowest BCUT2D eigenvalue weighted by atomic mass is 9.76. The summed E-state index contributed by atoms with van der Waals surface area (Å²) < 4.78 is 29.1. The quantitative estimate of drug-likeness (QED) is 0.553. The molecular weight excluding hydrogens is 346 g/mol. The molecule has 4 nitrogen and oxygen atoms in total. The summed E-state index contributed by atoms with van der Waals surface area (Å²) in [4.78, 5) is 7.73. The third kappa shape index (κ3) is 2.22. The number of aromatic nitrogens is 4. The van der Waals surface area contributed by atoms with Crippen molar-refractivity contribution in [1.29, 1.82) is 0 Å². The summed E-state index contributed by atoms with van der Waals surface area (Å²) in [7, 11) is 0. The molecule has 27 heavy (non-hydrogen) atoms. The number of nitrogens with one attached hydrogen (secondary N) is 1. The Balaban J connectivity index is 1.88. The van der Waals surface area contributed by atoms with Gasteiger partial charge in [0.05, 0.1) is 23.1 Å². The van der Waals surface area contributed by atoms with E-state index in [2.05, 4.69) is 34.0 Å². The third-order valence-electron chi connectivity index (χ3n) is 5.25. The van der Waals surface area contributed by atoms with Crippen molar-refractivity contribution in [3.05, 3.63) is 71.3 Å². The summed E-state index contributed by atoms with van der Waals surface area (Å²) in [5.41, 5.74) is 5.39. The SMILES string of the molecule is CC(C)C1C=C(c2c(F)cccc2F)c2ncc3c[nH]c4cnnc-4c1c2-3. The van der Waals surface area contributed by atoms with Gasteiger partial charge in [0, 0.05) is 35.0 Å². The fraction of sp³-hybridized carbons (Fsp3) is 0.190. The van der Waals surface area contributed by atoms with Crippen LogP contribution < -0.4 is 0 Å². The lowest BCUT2D eigenvalue weighted by Crippen LogP contribution is -2.13. The Morgan fingerprint density at radius 2 is 1.81 bits per heavy atom. The summed E-state index contributed by atoms with van der Waals surface area (Å²) in [6.07, 6.45) is 7.18. The van der Waals surface area contributed by atoms with Gasteiger partial charge in [-0.05, 0) is 23.6 Å². The molecule has 5 rings (SSSR count). The maximum Gasteiger partial charge on any atom is 0.134 e. The van der Waals surface area contributed by atoms with E-state index in [9.17, 15) is 8.78 Å². The Morgan fingerprint density at radius 1 is 1.04 bits per heavy atom. The van der Waals surface area contributed by atoms with Crippen LogP contribution in [0.15, 0.2) is 42.9 Å². The molecule has 0 saturated heterocycles. The zero-order chi connectivity index (χ0) is 18.7. The van der Waals surface area contributed by atoms with Crippen LogP contribution in [-0.4, -0.2) is 20.2 Å². The normalized spacial score (nSPS) is 16.3. The first-order chi connectivity index (χ1) is 13.1. The molecule has 3 aliphatic heterocycles. The van der Waals surface area contributed by atoms with Crippen LogP contribution in [0.2, 0.25) is 0 Å². The van der Waals surface area contributed by atoms with Crippen molar-refractivity contribution in [2.24, 2.45) is 5.92 Å². The number of allylic oxidation sites excluding steroid dienone is 1. The Labute approximate surface area is 154 Å². The number of halogens is 2. The molecule has 0 radical (unpaired) electrons. The summed E-state index contributed by atoms with van der Waals surface area (Å²) in [6, 6.07) is 3.93. The number of H-pyrrole nitrogens is 1.